The highest BCUT2D eigenvalue weighted by atomic mass is 32.2. The lowest BCUT2D eigenvalue weighted by molar-refractivity contribution is 0.108. The Kier molecular flexibility index (Phi) is 6.59. The maximum atomic E-state index is 12.3. The number of nitrogens with one attached hydrogen (secondary N) is 1. The molecule has 1 aliphatic rings. The first-order chi connectivity index (χ1) is 10.9. The first kappa shape index (κ1) is 18.4. The van der Waals surface area contributed by atoms with Crippen LogP contribution in [0.3, 0.4) is 0 Å². The van der Waals surface area contributed by atoms with E-state index in [0.717, 1.165) is 32.4 Å². The molecule has 2 atom stereocenters. The summed E-state index contributed by atoms with van der Waals surface area (Å²) in [6, 6.07) is 10.9. The highest BCUT2D eigenvalue weighted by Crippen LogP contribution is 2.24. The summed E-state index contributed by atoms with van der Waals surface area (Å²) in [5.74, 6) is 0. The van der Waals surface area contributed by atoms with Gasteiger partial charge < -0.3 is 0 Å². The lowest BCUT2D eigenvalue weighted by atomic mass is 9.98. The van der Waals surface area contributed by atoms with Crippen molar-refractivity contribution in [2.45, 2.75) is 51.7 Å². The molecular weight excluding hydrogens is 310 g/mol. The molecule has 1 aromatic rings. The molecule has 1 aromatic carbocycles. The number of benzene rings is 1. The topological polar surface area (TPSA) is 52.7 Å². The van der Waals surface area contributed by atoms with E-state index in [-0.39, 0.29) is 6.04 Å². The van der Waals surface area contributed by atoms with Gasteiger partial charge in [0.05, 0.1) is 0 Å². The Labute approximate surface area is 140 Å². The predicted molar refractivity (Wildman–Crippen MR) is 94.3 cm³/mol. The van der Waals surface area contributed by atoms with E-state index in [1.165, 1.54) is 9.87 Å². The summed E-state index contributed by atoms with van der Waals surface area (Å²) in [6.45, 7) is 6.50. The molecule has 0 saturated carbocycles. The van der Waals surface area contributed by atoms with Crippen molar-refractivity contribution in [3.8, 4) is 0 Å². The fourth-order valence-electron chi connectivity index (χ4n) is 3.11. The number of hydrogen-bond donors (Lipinski definition) is 1. The van der Waals surface area contributed by atoms with Crippen molar-refractivity contribution < 1.29 is 8.42 Å². The lowest BCUT2D eigenvalue weighted by Gasteiger charge is -2.40. The Morgan fingerprint density at radius 2 is 2.00 bits per heavy atom. The zero-order chi connectivity index (χ0) is 16.9. The van der Waals surface area contributed by atoms with Crippen LogP contribution in [0.5, 0.6) is 0 Å². The molecule has 0 aliphatic carbocycles. The van der Waals surface area contributed by atoms with Gasteiger partial charge in [-0.25, -0.2) is 4.72 Å². The van der Waals surface area contributed by atoms with Crippen LogP contribution in [-0.2, 0) is 16.8 Å². The van der Waals surface area contributed by atoms with Crippen molar-refractivity contribution in [2.75, 3.05) is 20.1 Å². The quantitative estimate of drug-likeness (QED) is 0.829. The fourth-order valence-corrected chi connectivity index (χ4v) is 4.36. The van der Waals surface area contributed by atoms with Crippen LogP contribution in [-0.4, -0.2) is 49.8 Å². The first-order valence-electron chi connectivity index (χ1n) is 8.44. The predicted octanol–water partition coefficient (Wildman–Crippen LogP) is 2.22. The second-order valence-corrected chi connectivity index (χ2v) is 8.21. The van der Waals surface area contributed by atoms with Crippen LogP contribution in [0.25, 0.3) is 0 Å². The van der Waals surface area contributed by atoms with Crippen LogP contribution >= 0.6 is 0 Å². The van der Waals surface area contributed by atoms with E-state index in [2.05, 4.69) is 40.8 Å². The summed E-state index contributed by atoms with van der Waals surface area (Å²) >= 11 is 0. The highest BCUT2D eigenvalue weighted by molar-refractivity contribution is 7.87. The molecule has 6 heteroatoms. The number of rotatable bonds is 7. The maximum absolute atomic E-state index is 12.3. The summed E-state index contributed by atoms with van der Waals surface area (Å²) in [7, 11) is -1.66. The van der Waals surface area contributed by atoms with Crippen molar-refractivity contribution in [1.82, 2.24) is 13.9 Å². The molecule has 5 nitrogen and oxygen atoms in total. The van der Waals surface area contributed by atoms with Crippen LogP contribution in [0.15, 0.2) is 30.3 Å². The highest BCUT2D eigenvalue weighted by Gasteiger charge is 2.32. The van der Waals surface area contributed by atoms with Crippen molar-refractivity contribution in [1.29, 1.82) is 0 Å². The number of hydrogen-bond acceptors (Lipinski definition) is 3. The normalized spacial score (nSPS) is 23.3. The SMILES string of the molecule is CCCNS(=O)(=O)N(C)C1CCN(Cc2ccccc2)C(C)C1. The van der Waals surface area contributed by atoms with Gasteiger partial charge in [-0.15, -0.1) is 0 Å². The van der Waals surface area contributed by atoms with Gasteiger partial charge >= 0.3 is 0 Å². The first-order valence-corrected chi connectivity index (χ1v) is 9.88. The third-order valence-corrected chi connectivity index (χ3v) is 6.27. The van der Waals surface area contributed by atoms with Gasteiger partial charge in [-0.3, -0.25) is 4.90 Å². The third-order valence-electron chi connectivity index (χ3n) is 4.64. The van der Waals surface area contributed by atoms with Crippen molar-refractivity contribution in [3.05, 3.63) is 35.9 Å². The summed E-state index contributed by atoms with van der Waals surface area (Å²) in [6.07, 6.45) is 2.55. The molecule has 0 spiro atoms. The zero-order valence-electron chi connectivity index (χ0n) is 14.4. The molecule has 0 aromatic heterocycles. The van der Waals surface area contributed by atoms with Gasteiger partial charge in [-0.05, 0) is 31.7 Å². The third kappa shape index (κ3) is 5.01. The van der Waals surface area contributed by atoms with E-state index < -0.39 is 10.2 Å². The zero-order valence-corrected chi connectivity index (χ0v) is 15.2. The molecule has 2 unspecified atom stereocenters. The summed E-state index contributed by atoms with van der Waals surface area (Å²) < 4.78 is 28.7. The van der Waals surface area contributed by atoms with Gasteiger partial charge in [-0.1, -0.05) is 37.3 Å². The minimum atomic E-state index is -3.36. The largest absolute Gasteiger partial charge is 0.296 e. The fraction of sp³-hybridized carbons (Fsp3) is 0.647. The van der Waals surface area contributed by atoms with Gasteiger partial charge in [0.2, 0.25) is 0 Å². The molecule has 1 heterocycles. The Bertz CT molecular complexity index is 577. The molecule has 1 aliphatic heterocycles. The van der Waals surface area contributed by atoms with E-state index in [9.17, 15) is 8.42 Å². The summed E-state index contributed by atoms with van der Waals surface area (Å²) in [5.41, 5.74) is 1.31. The second kappa shape index (κ2) is 8.24. The van der Waals surface area contributed by atoms with Crippen LogP contribution in [0.4, 0.5) is 0 Å². The van der Waals surface area contributed by atoms with Crippen molar-refractivity contribution in [2.24, 2.45) is 0 Å². The maximum Gasteiger partial charge on any atom is 0.279 e. The molecule has 0 radical (unpaired) electrons. The molecule has 2 rings (SSSR count). The van der Waals surface area contributed by atoms with Gasteiger partial charge in [0.25, 0.3) is 10.2 Å². The van der Waals surface area contributed by atoms with Crippen LogP contribution in [0.2, 0.25) is 0 Å². The number of nitrogens with zero attached hydrogens (tertiary/aromatic N) is 2. The molecule has 0 amide bonds. The van der Waals surface area contributed by atoms with Gasteiger partial charge in [-0.2, -0.15) is 12.7 Å². The van der Waals surface area contributed by atoms with Crippen LogP contribution in [0, 0.1) is 0 Å². The Morgan fingerprint density at radius 3 is 2.61 bits per heavy atom. The van der Waals surface area contributed by atoms with Gasteiger partial charge in [0.15, 0.2) is 0 Å². The van der Waals surface area contributed by atoms with Gasteiger partial charge in [0.1, 0.15) is 0 Å². The van der Waals surface area contributed by atoms with E-state index in [1.807, 2.05) is 13.0 Å². The van der Waals surface area contributed by atoms with E-state index in [4.69, 9.17) is 0 Å². The molecule has 23 heavy (non-hydrogen) atoms. The monoisotopic (exact) mass is 339 g/mol. The second-order valence-electron chi connectivity index (χ2n) is 6.40. The molecule has 1 fully saturated rings. The van der Waals surface area contributed by atoms with Crippen molar-refractivity contribution >= 4 is 10.2 Å². The van der Waals surface area contributed by atoms with E-state index in [1.54, 1.807) is 7.05 Å². The number of likely N-dealkylation sites (tertiary alicyclic amines) is 1. The van der Waals surface area contributed by atoms with Crippen molar-refractivity contribution in [3.63, 3.8) is 0 Å². The smallest absolute Gasteiger partial charge is 0.279 e. The molecule has 130 valence electrons. The average molecular weight is 340 g/mol. The van der Waals surface area contributed by atoms with E-state index >= 15 is 0 Å². The molecule has 0 bridgehead atoms. The lowest BCUT2D eigenvalue weighted by Crippen LogP contribution is -2.51. The van der Waals surface area contributed by atoms with E-state index in [0.29, 0.717) is 12.6 Å². The molecule has 1 saturated heterocycles. The van der Waals surface area contributed by atoms with Crippen LogP contribution < -0.4 is 4.72 Å². The molecule has 1 N–H and O–H groups in total. The summed E-state index contributed by atoms with van der Waals surface area (Å²) in [4.78, 5) is 2.44. The number of piperidine rings is 1. The minimum absolute atomic E-state index is 0.0754. The Morgan fingerprint density at radius 1 is 1.30 bits per heavy atom. The standard InChI is InChI=1S/C17H29N3O2S/c1-4-11-18-23(21,22)19(3)17-10-12-20(15(2)13-17)14-16-8-6-5-7-9-16/h5-9,15,17-18H,4,10-14H2,1-3H3. The Balaban J connectivity index is 1.93. The molecular formula is C17H29N3O2S. The summed E-state index contributed by atoms with van der Waals surface area (Å²) in [5, 5.41) is 0. The van der Waals surface area contributed by atoms with Crippen LogP contribution in [0.1, 0.15) is 38.7 Å². The minimum Gasteiger partial charge on any atom is -0.296 e. The Hall–Kier alpha value is -0.950. The van der Waals surface area contributed by atoms with Gasteiger partial charge in [0, 0.05) is 38.8 Å². The average Bonchev–Trinajstić information content (AvgIpc) is 2.55.